The largest absolute Gasteiger partial charge is 0.376 e. The number of carbonyl (C=O) groups is 1. The van der Waals surface area contributed by atoms with Crippen molar-refractivity contribution in [2.75, 3.05) is 20.6 Å². The van der Waals surface area contributed by atoms with Gasteiger partial charge < -0.3 is 19.5 Å². The minimum Gasteiger partial charge on any atom is -0.376 e. The minimum atomic E-state index is -1.01. The van der Waals surface area contributed by atoms with E-state index in [9.17, 15) is 9.90 Å². The van der Waals surface area contributed by atoms with Crippen molar-refractivity contribution in [1.29, 1.82) is 0 Å². The Bertz CT molecular complexity index is 764. The number of rotatable bonds is 11. The van der Waals surface area contributed by atoms with Gasteiger partial charge in [0, 0.05) is 25.4 Å². The minimum absolute atomic E-state index is 0.0502. The Kier molecular flexibility index (Phi) is 6.47. The van der Waals surface area contributed by atoms with E-state index in [1.54, 1.807) is 7.11 Å². The van der Waals surface area contributed by atoms with Crippen LogP contribution in [0.2, 0.25) is 0 Å². The number of aliphatic hydroxyl groups excluding tert-OH is 1. The number of likely N-dealkylation sites (tertiary alicyclic amines) is 1. The van der Waals surface area contributed by atoms with Crippen LogP contribution in [0, 0.1) is 11.8 Å². The second-order valence-electron chi connectivity index (χ2n) is 9.81. The fourth-order valence-corrected chi connectivity index (χ4v) is 5.33. The van der Waals surface area contributed by atoms with Crippen LogP contribution in [0.5, 0.6) is 0 Å². The van der Waals surface area contributed by atoms with Gasteiger partial charge in [0.2, 0.25) is 0 Å². The third kappa shape index (κ3) is 4.14. The lowest BCUT2D eigenvalue weighted by molar-refractivity contribution is -0.233. The van der Waals surface area contributed by atoms with Gasteiger partial charge in [-0.15, -0.1) is 0 Å². The summed E-state index contributed by atoms with van der Waals surface area (Å²) in [6.07, 6.45) is 10.9. The molecule has 1 aromatic rings. The van der Waals surface area contributed by atoms with Crippen LogP contribution in [-0.4, -0.2) is 53.2 Å². The number of amides is 1. The number of carbonyl (C=O) groups excluding carboxylic acids is 1. The molecule has 2 aliphatic carbocycles. The lowest BCUT2D eigenvalue weighted by Crippen LogP contribution is -2.76. The molecule has 2 heterocycles. The molecule has 6 nitrogen and oxygen atoms in total. The van der Waals surface area contributed by atoms with Gasteiger partial charge in [-0.3, -0.25) is 9.78 Å². The zero-order valence-corrected chi connectivity index (χ0v) is 18.6. The molecule has 0 aromatic carbocycles. The summed E-state index contributed by atoms with van der Waals surface area (Å²) < 4.78 is 11.2. The molecule has 3 aliphatic rings. The average Bonchev–Trinajstić information content (AvgIpc) is 3.48. The van der Waals surface area contributed by atoms with Crippen LogP contribution in [0.15, 0.2) is 12.3 Å². The van der Waals surface area contributed by atoms with E-state index in [1.165, 1.54) is 48.1 Å². The molecule has 0 bridgehead atoms. The van der Waals surface area contributed by atoms with E-state index < -0.39 is 5.60 Å². The Morgan fingerprint density at radius 2 is 2.10 bits per heavy atom. The molecule has 2 fully saturated rings. The van der Waals surface area contributed by atoms with Crippen LogP contribution in [0.1, 0.15) is 75.1 Å². The lowest BCUT2D eigenvalue weighted by Gasteiger charge is -2.55. The highest BCUT2D eigenvalue weighted by Crippen LogP contribution is 2.43. The van der Waals surface area contributed by atoms with Crippen molar-refractivity contribution in [3.63, 3.8) is 0 Å². The van der Waals surface area contributed by atoms with E-state index in [0.717, 1.165) is 24.5 Å². The molecular weight excluding hydrogens is 380 g/mol. The topological polar surface area (TPSA) is 71.9 Å². The van der Waals surface area contributed by atoms with Gasteiger partial charge in [0.05, 0.1) is 6.04 Å². The first kappa shape index (κ1) is 21.7. The highest BCUT2D eigenvalue weighted by molar-refractivity contribution is 5.93. The number of pyridine rings is 1. The Morgan fingerprint density at radius 1 is 1.30 bits per heavy atom. The number of aromatic nitrogens is 1. The molecule has 6 heteroatoms. The maximum atomic E-state index is 13.1. The summed E-state index contributed by atoms with van der Waals surface area (Å²) in [5.74, 6) is 1.79. The van der Waals surface area contributed by atoms with Crippen LogP contribution in [0.25, 0.3) is 0 Å². The summed E-state index contributed by atoms with van der Waals surface area (Å²) in [6.45, 7) is 4.01. The summed E-state index contributed by atoms with van der Waals surface area (Å²) in [5, 5.41) is 9.74. The molecule has 166 valence electrons. The van der Waals surface area contributed by atoms with Crippen LogP contribution < -0.4 is 0 Å². The quantitative estimate of drug-likeness (QED) is 0.442. The summed E-state index contributed by atoms with van der Waals surface area (Å²) in [7, 11) is 1.57. The molecular formula is C24H36N2O4. The van der Waals surface area contributed by atoms with Gasteiger partial charge in [-0.05, 0) is 67.1 Å². The van der Waals surface area contributed by atoms with E-state index in [0.29, 0.717) is 18.3 Å². The third-order valence-electron chi connectivity index (χ3n) is 7.16. The van der Waals surface area contributed by atoms with Gasteiger partial charge in [-0.1, -0.05) is 26.7 Å². The van der Waals surface area contributed by atoms with Crippen LogP contribution in [0.3, 0.4) is 0 Å². The van der Waals surface area contributed by atoms with Crippen molar-refractivity contribution < 1.29 is 19.4 Å². The van der Waals surface area contributed by atoms with Crippen molar-refractivity contribution in [3.8, 4) is 0 Å². The molecule has 30 heavy (non-hydrogen) atoms. The van der Waals surface area contributed by atoms with Gasteiger partial charge in [0.1, 0.15) is 13.5 Å². The summed E-state index contributed by atoms with van der Waals surface area (Å²) in [5.41, 5.74) is 2.69. The van der Waals surface area contributed by atoms with Crippen LogP contribution >= 0.6 is 0 Å². The highest BCUT2D eigenvalue weighted by atomic mass is 16.7. The molecule has 0 spiro atoms. The summed E-state index contributed by atoms with van der Waals surface area (Å²) >= 11 is 0. The molecule has 1 saturated carbocycles. The molecule has 1 aromatic heterocycles. The molecule has 1 aliphatic heterocycles. The van der Waals surface area contributed by atoms with Crippen molar-refractivity contribution >= 4 is 5.91 Å². The first-order valence-corrected chi connectivity index (χ1v) is 11.5. The predicted molar refractivity (Wildman–Crippen MR) is 114 cm³/mol. The number of fused-ring (bicyclic) bond motifs is 1. The number of β-lactam (4-membered cyclic amide) rings is 1. The molecule has 1 N–H and O–H groups in total. The number of hydrogen-bond acceptors (Lipinski definition) is 5. The van der Waals surface area contributed by atoms with Crippen molar-refractivity contribution in [2.45, 2.75) is 82.8 Å². The Balaban J connectivity index is 1.56. The molecule has 1 amide bonds. The van der Waals surface area contributed by atoms with Crippen molar-refractivity contribution in [2.24, 2.45) is 11.8 Å². The molecule has 3 unspecified atom stereocenters. The first-order valence-electron chi connectivity index (χ1n) is 11.5. The Labute approximate surface area is 180 Å². The summed E-state index contributed by atoms with van der Waals surface area (Å²) in [6, 6.07) is 2.05. The number of aliphatic hydroxyl groups is 1. The van der Waals surface area contributed by atoms with Crippen LogP contribution in [0.4, 0.5) is 0 Å². The highest BCUT2D eigenvalue weighted by Gasteiger charge is 2.61. The molecule has 4 rings (SSSR count). The standard InChI is InChI=1S/C24H36N2O4/c1-16(2)10-22-24(30-15-29-3,23(28)26(22)14-27)12-20-11-21-18(7-6-17-4-5-17)8-9-19(21)13-25-20/h11,13,16-18,22,27H,4-10,12,14-15H2,1-3H3. The predicted octanol–water partition coefficient (Wildman–Crippen LogP) is 3.41. The maximum absolute atomic E-state index is 13.1. The van der Waals surface area contributed by atoms with E-state index in [1.807, 2.05) is 6.20 Å². The summed E-state index contributed by atoms with van der Waals surface area (Å²) in [4.78, 5) is 19.3. The van der Waals surface area contributed by atoms with E-state index >= 15 is 0 Å². The fraction of sp³-hybridized carbons (Fsp3) is 0.750. The smallest absolute Gasteiger partial charge is 0.259 e. The number of methoxy groups -OCH3 is 1. The fourth-order valence-electron chi connectivity index (χ4n) is 5.33. The van der Waals surface area contributed by atoms with Gasteiger partial charge in [-0.25, -0.2) is 0 Å². The van der Waals surface area contributed by atoms with Crippen LogP contribution in [-0.2, 0) is 27.1 Å². The van der Waals surface area contributed by atoms with E-state index in [2.05, 4.69) is 19.9 Å². The lowest BCUT2D eigenvalue weighted by atomic mass is 9.74. The average molecular weight is 417 g/mol. The molecule has 0 radical (unpaired) electrons. The maximum Gasteiger partial charge on any atom is 0.259 e. The normalized spacial score (nSPS) is 28.2. The molecule has 1 saturated heterocycles. The zero-order valence-electron chi connectivity index (χ0n) is 18.6. The second kappa shape index (κ2) is 8.93. The van der Waals surface area contributed by atoms with E-state index in [-0.39, 0.29) is 25.5 Å². The van der Waals surface area contributed by atoms with Crippen molar-refractivity contribution in [3.05, 3.63) is 29.1 Å². The van der Waals surface area contributed by atoms with Crippen molar-refractivity contribution in [1.82, 2.24) is 9.88 Å². The number of hydrogen-bond donors (Lipinski definition) is 1. The van der Waals surface area contributed by atoms with Gasteiger partial charge in [0.15, 0.2) is 5.60 Å². The SMILES string of the molecule is COCOC1(Cc2cc3c(cn2)CCC3CCC2CC2)C(=O)N(CO)C1CC(C)C. The number of aryl methyl sites for hydroxylation is 1. The Morgan fingerprint density at radius 3 is 2.77 bits per heavy atom. The number of ether oxygens (including phenoxy) is 2. The third-order valence-corrected chi connectivity index (χ3v) is 7.16. The first-order chi connectivity index (χ1) is 14.5. The Hall–Kier alpha value is -1.50. The monoisotopic (exact) mass is 416 g/mol. The zero-order chi connectivity index (χ0) is 21.3. The van der Waals surface area contributed by atoms with Gasteiger partial charge in [0.25, 0.3) is 5.91 Å². The van der Waals surface area contributed by atoms with Gasteiger partial charge >= 0.3 is 0 Å². The van der Waals surface area contributed by atoms with E-state index in [4.69, 9.17) is 14.5 Å². The second-order valence-corrected chi connectivity index (χ2v) is 9.81. The van der Waals surface area contributed by atoms with Gasteiger partial charge in [-0.2, -0.15) is 0 Å². The number of nitrogens with zero attached hydrogens (tertiary/aromatic N) is 2. The molecule has 3 atom stereocenters.